The third-order valence-corrected chi connectivity index (χ3v) is 3.25. The SMILES string of the molecule is Cn1ccnc1C(CN)c1ccc2oc(=O)[nH]c2c1. The summed E-state index contributed by atoms with van der Waals surface area (Å²) in [6.45, 7) is 0.443. The Morgan fingerprint density at radius 1 is 1.53 bits per heavy atom. The van der Waals surface area contributed by atoms with Crippen LogP contribution in [0.2, 0.25) is 0 Å². The molecular weight excluding hydrogens is 244 g/mol. The molecule has 3 rings (SSSR count). The van der Waals surface area contributed by atoms with Gasteiger partial charge in [-0.05, 0) is 17.7 Å². The van der Waals surface area contributed by atoms with Gasteiger partial charge in [0.15, 0.2) is 5.58 Å². The van der Waals surface area contributed by atoms with Crippen LogP contribution in [0.15, 0.2) is 39.8 Å². The van der Waals surface area contributed by atoms with Gasteiger partial charge in [0, 0.05) is 26.0 Å². The molecule has 3 N–H and O–H groups in total. The van der Waals surface area contributed by atoms with Crippen LogP contribution in [0.3, 0.4) is 0 Å². The molecule has 6 heteroatoms. The fourth-order valence-electron chi connectivity index (χ4n) is 2.29. The van der Waals surface area contributed by atoms with Crippen LogP contribution in [0.4, 0.5) is 0 Å². The first-order chi connectivity index (χ1) is 9.19. The van der Waals surface area contributed by atoms with E-state index in [2.05, 4.69) is 9.97 Å². The van der Waals surface area contributed by atoms with Gasteiger partial charge in [0.1, 0.15) is 5.82 Å². The van der Waals surface area contributed by atoms with E-state index in [1.807, 2.05) is 29.9 Å². The Morgan fingerprint density at radius 3 is 3.05 bits per heavy atom. The van der Waals surface area contributed by atoms with Crippen molar-refractivity contribution in [2.75, 3.05) is 6.54 Å². The van der Waals surface area contributed by atoms with Crippen molar-refractivity contribution in [3.05, 3.63) is 52.5 Å². The van der Waals surface area contributed by atoms with Gasteiger partial charge in [-0.15, -0.1) is 0 Å². The van der Waals surface area contributed by atoms with Gasteiger partial charge in [-0.2, -0.15) is 0 Å². The van der Waals surface area contributed by atoms with Crippen LogP contribution >= 0.6 is 0 Å². The Labute approximate surface area is 108 Å². The van der Waals surface area contributed by atoms with Gasteiger partial charge in [0.25, 0.3) is 0 Å². The fourth-order valence-corrected chi connectivity index (χ4v) is 2.29. The van der Waals surface area contributed by atoms with Gasteiger partial charge in [-0.25, -0.2) is 9.78 Å². The highest BCUT2D eigenvalue weighted by molar-refractivity contribution is 5.73. The van der Waals surface area contributed by atoms with E-state index < -0.39 is 5.76 Å². The maximum atomic E-state index is 11.2. The lowest BCUT2D eigenvalue weighted by Gasteiger charge is -2.15. The minimum atomic E-state index is -0.451. The van der Waals surface area contributed by atoms with Crippen LogP contribution in [0.25, 0.3) is 11.1 Å². The molecule has 6 nitrogen and oxygen atoms in total. The number of nitrogens with two attached hydrogens (primary N) is 1. The van der Waals surface area contributed by atoms with Crippen molar-refractivity contribution in [1.82, 2.24) is 14.5 Å². The first-order valence-electron chi connectivity index (χ1n) is 5.99. The smallest absolute Gasteiger partial charge is 0.408 e. The molecule has 1 aromatic carbocycles. The number of nitrogens with one attached hydrogen (secondary N) is 1. The molecule has 0 aliphatic heterocycles. The summed E-state index contributed by atoms with van der Waals surface area (Å²) in [7, 11) is 1.93. The number of H-pyrrole nitrogens is 1. The molecule has 1 atom stereocenters. The van der Waals surface area contributed by atoms with E-state index in [4.69, 9.17) is 10.2 Å². The first-order valence-corrected chi connectivity index (χ1v) is 5.99. The number of aromatic amines is 1. The number of benzene rings is 1. The predicted molar refractivity (Wildman–Crippen MR) is 70.9 cm³/mol. The quantitative estimate of drug-likeness (QED) is 0.731. The minimum Gasteiger partial charge on any atom is -0.408 e. The summed E-state index contributed by atoms with van der Waals surface area (Å²) in [5.41, 5.74) is 8.09. The Hall–Kier alpha value is -2.34. The second-order valence-corrected chi connectivity index (χ2v) is 4.45. The largest absolute Gasteiger partial charge is 0.417 e. The van der Waals surface area contributed by atoms with E-state index in [0.717, 1.165) is 11.4 Å². The Morgan fingerprint density at radius 2 is 2.37 bits per heavy atom. The predicted octanol–water partition coefficient (Wildman–Crippen LogP) is 0.945. The average Bonchev–Trinajstić information content (AvgIpc) is 2.95. The van der Waals surface area contributed by atoms with Crippen LogP contribution < -0.4 is 11.5 Å². The molecule has 0 aliphatic rings. The van der Waals surface area contributed by atoms with Gasteiger partial charge in [-0.1, -0.05) is 6.07 Å². The van der Waals surface area contributed by atoms with Crippen molar-refractivity contribution in [2.24, 2.45) is 12.8 Å². The zero-order chi connectivity index (χ0) is 13.4. The lowest BCUT2D eigenvalue weighted by atomic mass is 9.98. The number of imidazole rings is 1. The maximum absolute atomic E-state index is 11.2. The van der Waals surface area contributed by atoms with Gasteiger partial charge in [0.05, 0.1) is 11.4 Å². The van der Waals surface area contributed by atoms with E-state index in [0.29, 0.717) is 17.6 Å². The summed E-state index contributed by atoms with van der Waals surface area (Å²) in [5, 5.41) is 0. The Balaban J connectivity index is 2.11. The summed E-state index contributed by atoms with van der Waals surface area (Å²) in [4.78, 5) is 18.1. The van der Waals surface area contributed by atoms with Crippen LogP contribution in [0, 0.1) is 0 Å². The molecule has 0 aliphatic carbocycles. The van der Waals surface area contributed by atoms with Crippen molar-refractivity contribution >= 4 is 11.1 Å². The Kier molecular flexibility index (Phi) is 2.72. The number of hydrogen-bond donors (Lipinski definition) is 2. The van der Waals surface area contributed by atoms with Gasteiger partial charge >= 0.3 is 5.76 Å². The molecule has 0 amide bonds. The normalized spacial score (nSPS) is 12.9. The molecule has 0 bridgehead atoms. The monoisotopic (exact) mass is 258 g/mol. The number of oxazole rings is 1. The minimum absolute atomic E-state index is 0.0113. The van der Waals surface area contributed by atoms with Gasteiger partial charge in [0.2, 0.25) is 0 Å². The number of aromatic nitrogens is 3. The van der Waals surface area contributed by atoms with Gasteiger partial charge in [-0.3, -0.25) is 4.98 Å². The lowest BCUT2D eigenvalue weighted by molar-refractivity contribution is 0.555. The topological polar surface area (TPSA) is 89.8 Å². The molecule has 0 fully saturated rings. The molecule has 0 radical (unpaired) electrons. The highest BCUT2D eigenvalue weighted by Gasteiger charge is 2.17. The summed E-state index contributed by atoms with van der Waals surface area (Å²) in [6, 6.07) is 5.56. The van der Waals surface area contributed by atoms with E-state index >= 15 is 0 Å². The average molecular weight is 258 g/mol. The van der Waals surface area contributed by atoms with Crippen molar-refractivity contribution in [3.63, 3.8) is 0 Å². The molecule has 0 spiro atoms. The fraction of sp³-hybridized carbons (Fsp3) is 0.231. The zero-order valence-electron chi connectivity index (χ0n) is 10.5. The molecule has 3 aromatic rings. The van der Waals surface area contributed by atoms with Crippen LogP contribution in [0.5, 0.6) is 0 Å². The van der Waals surface area contributed by atoms with Crippen molar-refractivity contribution in [2.45, 2.75) is 5.92 Å². The second-order valence-electron chi connectivity index (χ2n) is 4.45. The molecule has 0 saturated carbocycles. The van der Waals surface area contributed by atoms with E-state index in [9.17, 15) is 4.79 Å². The van der Waals surface area contributed by atoms with Crippen LogP contribution in [-0.4, -0.2) is 21.1 Å². The highest BCUT2D eigenvalue weighted by atomic mass is 16.4. The number of hydrogen-bond acceptors (Lipinski definition) is 4. The summed E-state index contributed by atoms with van der Waals surface area (Å²) in [6.07, 6.45) is 3.63. The molecule has 2 aromatic heterocycles. The van der Waals surface area contributed by atoms with E-state index in [1.165, 1.54) is 0 Å². The lowest BCUT2D eigenvalue weighted by Crippen LogP contribution is -2.17. The second kappa shape index (κ2) is 4.40. The van der Waals surface area contributed by atoms with Crippen molar-refractivity contribution in [3.8, 4) is 0 Å². The molecule has 0 saturated heterocycles. The molecule has 1 unspecified atom stereocenters. The molecule has 19 heavy (non-hydrogen) atoms. The van der Waals surface area contributed by atoms with Crippen molar-refractivity contribution in [1.29, 1.82) is 0 Å². The van der Waals surface area contributed by atoms with Crippen molar-refractivity contribution < 1.29 is 4.42 Å². The zero-order valence-corrected chi connectivity index (χ0v) is 10.5. The third-order valence-electron chi connectivity index (χ3n) is 3.25. The first kappa shape index (κ1) is 11.7. The molecular formula is C13H14N4O2. The number of nitrogens with zero attached hydrogens (tertiary/aromatic N) is 2. The highest BCUT2D eigenvalue weighted by Crippen LogP contribution is 2.24. The van der Waals surface area contributed by atoms with Gasteiger partial charge < -0.3 is 14.7 Å². The number of fused-ring (bicyclic) bond motifs is 1. The summed E-state index contributed by atoms with van der Waals surface area (Å²) < 4.78 is 6.93. The summed E-state index contributed by atoms with van der Waals surface area (Å²) >= 11 is 0. The van der Waals surface area contributed by atoms with Crippen LogP contribution in [-0.2, 0) is 7.05 Å². The molecule has 2 heterocycles. The summed E-state index contributed by atoms with van der Waals surface area (Å²) in [5.74, 6) is 0.434. The standard InChI is InChI=1S/C13H14N4O2/c1-17-5-4-15-12(17)9(7-14)8-2-3-11-10(6-8)16-13(18)19-11/h2-6,9H,7,14H2,1H3,(H,16,18). The molecule has 98 valence electrons. The van der Waals surface area contributed by atoms with E-state index in [-0.39, 0.29) is 5.92 Å². The number of aryl methyl sites for hydroxylation is 1. The Bertz CT molecular complexity index is 768. The van der Waals surface area contributed by atoms with E-state index in [1.54, 1.807) is 12.3 Å². The third kappa shape index (κ3) is 1.96. The maximum Gasteiger partial charge on any atom is 0.417 e. The van der Waals surface area contributed by atoms with Crippen LogP contribution in [0.1, 0.15) is 17.3 Å². The number of rotatable bonds is 3.